The highest BCUT2D eigenvalue weighted by molar-refractivity contribution is 5.69. The number of rotatable bonds is 7. The molecule has 0 bridgehead atoms. The van der Waals surface area contributed by atoms with E-state index >= 15 is 0 Å². The van der Waals surface area contributed by atoms with Crippen molar-refractivity contribution in [2.75, 3.05) is 7.11 Å². The highest BCUT2D eigenvalue weighted by Crippen LogP contribution is 2.01. The third kappa shape index (κ3) is 9.12. The zero-order valence-corrected chi connectivity index (χ0v) is 8.71. The minimum Gasteiger partial charge on any atom is -0.469 e. The Kier molecular flexibility index (Phi) is 8.73. The Morgan fingerprint density at radius 2 is 1.92 bits per heavy atom. The monoisotopic (exact) mass is 184 g/mol. The van der Waals surface area contributed by atoms with Crippen molar-refractivity contribution in [1.29, 1.82) is 0 Å². The lowest BCUT2D eigenvalue weighted by Gasteiger charge is -1.94. The lowest BCUT2D eigenvalue weighted by Crippen LogP contribution is -1.97. The molecule has 76 valence electrons. The van der Waals surface area contributed by atoms with E-state index in [0.717, 1.165) is 12.8 Å². The fraction of sp³-hybridized carbons (Fsp3) is 0.727. The topological polar surface area (TPSA) is 26.3 Å². The van der Waals surface area contributed by atoms with E-state index in [2.05, 4.69) is 23.8 Å². The van der Waals surface area contributed by atoms with Crippen LogP contribution in [0.1, 0.15) is 45.4 Å². The number of methoxy groups -OCH3 is 1. The molecule has 0 saturated heterocycles. The Hall–Kier alpha value is -0.790. The van der Waals surface area contributed by atoms with E-state index in [1.165, 1.54) is 26.4 Å². The van der Waals surface area contributed by atoms with Gasteiger partial charge in [0.05, 0.1) is 7.11 Å². The lowest BCUT2D eigenvalue weighted by atomic mass is 10.2. The summed E-state index contributed by atoms with van der Waals surface area (Å²) in [6.07, 6.45) is 10.5. The summed E-state index contributed by atoms with van der Waals surface area (Å²) in [7, 11) is 1.42. The Balaban J connectivity index is 3.17. The molecule has 0 fully saturated rings. The van der Waals surface area contributed by atoms with E-state index in [1.807, 2.05) is 0 Å². The van der Waals surface area contributed by atoms with Crippen LogP contribution in [0.15, 0.2) is 12.2 Å². The minimum atomic E-state index is -0.127. The van der Waals surface area contributed by atoms with Crippen molar-refractivity contribution in [2.45, 2.75) is 45.4 Å². The number of hydrogen-bond donors (Lipinski definition) is 0. The van der Waals surface area contributed by atoms with Crippen LogP contribution in [0.25, 0.3) is 0 Å². The third-order valence-corrected chi connectivity index (χ3v) is 1.88. The fourth-order valence-electron chi connectivity index (χ4n) is 1.05. The molecule has 0 N–H and O–H groups in total. The van der Waals surface area contributed by atoms with Crippen LogP contribution in [0.4, 0.5) is 0 Å². The van der Waals surface area contributed by atoms with Gasteiger partial charge in [0.2, 0.25) is 0 Å². The maximum Gasteiger partial charge on any atom is 0.305 e. The van der Waals surface area contributed by atoms with Gasteiger partial charge in [0.1, 0.15) is 0 Å². The molecular weight excluding hydrogens is 164 g/mol. The SMILES string of the molecule is CCCCC/C=C\CCC(=O)OC. The van der Waals surface area contributed by atoms with Gasteiger partial charge >= 0.3 is 5.97 Å². The number of esters is 1. The molecule has 0 aromatic carbocycles. The van der Waals surface area contributed by atoms with Gasteiger partial charge in [-0.05, 0) is 19.3 Å². The van der Waals surface area contributed by atoms with Crippen molar-refractivity contribution in [3.63, 3.8) is 0 Å². The van der Waals surface area contributed by atoms with Crippen molar-refractivity contribution >= 4 is 5.97 Å². The molecule has 0 atom stereocenters. The van der Waals surface area contributed by atoms with Crippen LogP contribution in [0.2, 0.25) is 0 Å². The maximum absolute atomic E-state index is 10.7. The Labute approximate surface area is 81.0 Å². The predicted molar refractivity (Wildman–Crippen MR) is 54.5 cm³/mol. The van der Waals surface area contributed by atoms with Gasteiger partial charge in [-0.3, -0.25) is 4.79 Å². The van der Waals surface area contributed by atoms with Crippen LogP contribution in [-0.2, 0) is 9.53 Å². The number of carbonyl (C=O) groups is 1. The summed E-state index contributed by atoms with van der Waals surface area (Å²) < 4.78 is 4.52. The molecule has 0 unspecified atom stereocenters. The second-order valence-corrected chi connectivity index (χ2v) is 3.08. The lowest BCUT2D eigenvalue weighted by molar-refractivity contribution is -0.140. The molecular formula is C11H20O2. The summed E-state index contributed by atoms with van der Waals surface area (Å²) in [6.45, 7) is 2.20. The van der Waals surface area contributed by atoms with E-state index in [4.69, 9.17) is 0 Å². The van der Waals surface area contributed by atoms with E-state index < -0.39 is 0 Å². The number of ether oxygens (including phenoxy) is 1. The minimum absolute atomic E-state index is 0.127. The number of hydrogen-bond acceptors (Lipinski definition) is 2. The van der Waals surface area contributed by atoms with Gasteiger partial charge in [-0.15, -0.1) is 0 Å². The van der Waals surface area contributed by atoms with Crippen LogP contribution >= 0.6 is 0 Å². The molecule has 0 heterocycles. The van der Waals surface area contributed by atoms with Gasteiger partial charge < -0.3 is 4.74 Å². The second-order valence-electron chi connectivity index (χ2n) is 3.08. The highest BCUT2D eigenvalue weighted by atomic mass is 16.5. The van der Waals surface area contributed by atoms with Crippen LogP contribution < -0.4 is 0 Å². The molecule has 2 nitrogen and oxygen atoms in total. The van der Waals surface area contributed by atoms with Crippen molar-refractivity contribution < 1.29 is 9.53 Å². The van der Waals surface area contributed by atoms with Crippen molar-refractivity contribution in [3.8, 4) is 0 Å². The predicted octanol–water partition coefficient (Wildman–Crippen LogP) is 3.08. The molecule has 0 spiro atoms. The molecule has 0 aromatic rings. The van der Waals surface area contributed by atoms with Crippen molar-refractivity contribution in [2.24, 2.45) is 0 Å². The standard InChI is InChI=1S/C11H20O2/c1-3-4-5-6-7-8-9-10-11(12)13-2/h7-8H,3-6,9-10H2,1-2H3/b8-7-. The summed E-state index contributed by atoms with van der Waals surface area (Å²) in [5.74, 6) is -0.127. The molecule has 0 amide bonds. The van der Waals surface area contributed by atoms with Crippen molar-refractivity contribution in [3.05, 3.63) is 12.2 Å². The Morgan fingerprint density at radius 1 is 1.23 bits per heavy atom. The first kappa shape index (κ1) is 12.2. The highest BCUT2D eigenvalue weighted by Gasteiger charge is 1.95. The Bertz CT molecular complexity index is 150. The van der Waals surface area contributed by atoms with E-state index in [-0.39, 0.29) is 5.97 Å². The molecule has 0 aliphatic heterocycles. The van der Waals surface area contributed by atoms with Crippen LogP contribution in [0.3, 0.4) is 0 Å². The average molecular weight is 184 g/mol. The van der Waals surface area contributed by atoms with Crippen molar-refractivity contribution in [1.82, 2.24) is 0 Å². The molecule has 0 aliphatic rings. The first-order valence-electron chi connectivity index (χ1n) is 5.03. The molecule has 2 heteroatoms. The molecule has 13 heavy (non-hydrogen) atoms. The first-order chi connectivity index (χ1) is 6.31. The first-order valence-corrected chi connectivity index (χ1v) is 5.03. The van der Waals surface area contributed by atoms with Gasteiger partial charge in [0.15, 0.2) is 0 Å². The molecule has 0 saturated carbocycles. The van der Waals surface area contributed by atoms with E-state index in [9.17, 15) is 4.79 Å². The molecule has 0 aromatic heterocycles. The van der Waals surface area contributed by atoms with Gasteiger partial charge in [0.25, 0.3) is 0 Å². The van der Waals surface area contributed by atoms with Crippen LogP contribution in [0, 0.1) is 0 Å². The van der Waals surface area contributed by atoms with Crippen LogP contribution in [-0.4, -0.2) is 13.1 Å². The summed E-state index contributed by atoms with van der Waals surface area (Å²) in [5, 5.41) is 0. The summed E-state index contributed by atoms with van der Waals surface area (Å²) >= 11 is 0. The summed E-state index contributed by atoms with van der Waals surface area (Å²) in [4.78, 5) is 10.7. The average Bonchev–Trinajstić information content (AvgIpc) is 2.16. The molecule has 0 rings (SSSR count). The van der Waals surface area contributed by atoms with E-state index in [0.29, 0.717) is 6.42 Å². The number of unbranched alkanes of at least 4 members (excludes halogenated alkanes) is 3. The molecule has 0 radical (unpaired) electrons. The smallest absolute Gasteiger partial charge is 0.305 e. The third-order valence-electron chi connectivity index (χ3n) is 1.88. The second kappa shape index (κ2) is 9.30. The zero-order chi connectivity index (χ0) is 9.94. The van der Waals surface area contributed by atoms with Crippen LogP contribution in [0.5, 0.6) is 0 Å². The maximum atomic E-state index is 10.7. The number of carbonyl (C=O) groups excluding carboxylic acids is 1. The van der Waals surface area contributed by atoms with Gasteiger partial charge in [0, 0.05) is 6.42 Å². The van der Waals surface area contributed by atoms with Gasteiger partial charge in [-0.2, -0.15) is 0 Å². The van der Waals surface area contributed by atoms with E-state index in [1.54, 1.807) is 0 Å². The Morgan fingerprint density at radius 3 is 2.54 bits per heavy atom. The van der Waals surface area contributed by atoms with Gasteiger partial charge in [-0.1, -0.05) is 31.9 Å². The molecule has 0 aliphatic carbocycles. The quantitative estimate of drug-likeness (QED) is 0.345. The normalized spacial score (nSPS) is 10.6. The largest absolute Gasteiger partial charge is 0.469 e. The zero-order valence-electron chi connectivity index (χ0n) is 8.71. The summed E-state index contributed by atoms with van der Waals surface area (Å²) in [5.41, 5.74) is 0. The summed E-state index contributed by atoms with van der Waals surface area (Å²) in [6, 6.07) is 0. The fourth-order valence-corrected chi connectivity index (χ4v) is 1.05. The number of allylic oxidation sites excluding steroid dienone is 2. The van der Waals surface area contributed by atoms with Gasteiger partial charge in [-0.25, -0.2) is 0 Å².